The summed E-state index contributed by atoms with van der Waals surface area (Å²) in [6.07, 6.45) is 0. The predicted octanol–water partition coefficient (Wildman–Crippen LogP) is 5.90. The number of thiophene rings is 2. The second kappa shape index (κ2) is 5.22. The van der Waals surface area contributed by atoms with E-state index in [0.717, 1.165) is 38.1 Å². The number of rotatable bonds is 2. The number of halogens is 1. The summed E-state index contributed by atoms with van der Waals surface area (Å²) in [6, 6.07) is 5.66. The lowest BCUT2D eigenvalue weighted by Crippen LogP contribution is -1.88. The Morgan fingerprint density at radius 1 is 0.864 bits per heavy atom. The maximum absolute atomic E-state index is 14.8. The summed E-state index contributed by atoms with van der Waals surface area (Å²) in [4.78, 5) is 1.93. The summed E-state index contributed by atoms with van der Waals surface area (Å²) in [6.45, 7) is 4.05. The molecular formula is C16H11FN2S3. The van der Waals surface area contributed by atoms with Crippen molar-refractivity contribution in [3.05, 3.63) is 45.9 Å². The molecule has 0 aliphatic heterocycles. The van der Waals surface area contributed by atoms with Crippen molar-refractivity contribution in [2.45, 2.75) is 13.8 Å². The van der Waals surface area contributed by atoms with Gasteiger partial charge in [-0.05, 0) is 53.9 Å². The summed E-state index contributed by atoms with van der Waals surface area (Å²) < 4.78 is 23.6. The van der Waals surface area contributed by atoms with Crippen molar-refractivity contribution in [2.75, 3.05) is 0 Å². The Bertz CT molecular complexity index is 981. The lowest BCUT2D eigenvalue weighted by atomic mass is 10.0. The molecule has 3 aromatic heterocycles. The van der Waals surface area contributed by atoms with Crippen LogP contribution in [0.3, 0.4) is 0 Å². The summed E-state index contributed by atoms with van der Waals surface area (Å²) in [5, 5.41) is 4.09. The maximum Gasteiger partial charge on any atom is 0.134 e. The quantitative estimate of drug-likeness (QED) is 0.451. The normalized spacial score (nSPS) is 11.4. The summed E-state index contributed by atoms with van der Waals surface area (Å²) in [5.74, 6) is -0.233. The number of benzene rings is 1. The Morgan fingerprint density at radius 2 is 1.50 bits per heavy atom. The molecule has 0 atom stereocenters. The lowest BCUT2D eigenvalue weighted by Gasteiger charge is -2.05. The van der Waals surface area contributed by atoms with Gasteiger partial charge in [0.1, 0.15) is 16.9 Å². The van der Waals surface area contributed by atoms with E-state index in [4.69, 9.17) is 0 Å². The molecule has 0 aliphatic carbocycles. The van der Waals surface area contributed by atoms with Crippen LogP contribution in [0.4, 0.5) is 4.39 Å². The monoisotopic (exact) mass is 346 g/mol. The molecule has 22 heavy (non-hydrogen) atoms. The van der Waals surface area contributed by atoms with E-state index in [2.05, 4.69) is 20.2 Å². The van der Waals surface area contributed by atoms with Crippen LogP contribution in [0.1, 0.15) is 11.1 Å². The molecular weight excluding hydrogens is 335 g/mol. The van der Waals surface area contributed by atoms with E-state index < -0.39 is 0 Å². The van der Waals surface area contributed by atoms with Gasteiger partial charge >= 0.3 is 0 Å². The Hall–Kier alpha value is -1.63. The topological polar surface area (TPSA) is 25.8 Å². The first-order valence-corrected chi connectivity index (χ1v) is 9.18. The molecule has 3 heterocycles. The summed E-state index contributed by atoms with van der Waals surface area (Å²) in [7, 11) is 0. The standard InChI is InChI=1S/C16H11FN2S3/c1-8-3-12(20-6-8)10-5-11(17)14(13-4-9(2)7-21-13)16-15(10)18-22-19-16/h3-7H,1-2H3. The molecule has 4 aromatic rings. The fourth-order valence-electron chi connectivity index (χ4n) is 2.47. The van der Waals surface area contributed by atoms with Crippen LogP contribution in [0.5, 0.6) is 0 Å². The molecule has 0 aliphatic rings. The van der Waals surface area contributed by atoms with Gasteiger partial charge in [-0.15, -0.1) is 22.7 Å². The second-order valence-corrected chi connectivity index (χ2v) is 7.57. The molecule has 1 aromatic carbocycles. The third kappa shape index (κ3) is 2.18. The third-order valence-corrected chi connectivity index (χ3v) is 6.14. The fraction of sp³-hybridized carbons (Fsp3) is 0.125. The van der Waals surface area contributed by atoms with Crippen molar-refractivity contribution >= 4 is 45.4 Å². The molecule has 4 rings (SSSR count). The minimum Gasteiger partial charge on any atom is -0.206 e. The van der Waals surface area contributed by atoms with E-state index in [9.17, 15) is 4.39 Å². The van der Waals surface area contributed by atoms with Gasteiger partial charge in [0.15, 0.2) is 0 Å². The van der Waals surface area contributed by atoms with E-state index in [1.807, 2.05) is 25.3 Å². The first kappa shape index (κ1) is 14.0. The van der Waals surface area contributed by atoms with Gasteiger partial charge in [-0.3, -0.25) is 0 Å². The van der Waals surface area contributed by atoms with Crippen molar-refractivity contribution in [3.63, 3.8) is 0 Å². The molecule has 0 saturated heterocycles. The number of fused-ring (bicyclic) bond motifs is 1. The Kier molecular flexibility index (Phi) is 3.32. The van der Waals surface area contributed by atoms with Crippen molar-refractivity contribution < 1.29 is 4.39 Å². The van der Waals surface area contributed by atoms with Crippen molar-refractivity contribution in [2.24, 2.45) is 0 Å². The highest BCUT2D eigenvalue weighted by molar-refractivity contribution is 7.14. The highest BCUT2D eigenvalue weighted by Gasteiger charge is 2.20. The van der Waals surface area contributed by atoms with Crippen molar-refractivity contribution in [1.82, 2.24) is 8.75 Å². The smallest absolute Gasteiger partial charge is 0.134 e. The Balaban J connectivity index is 2.02. The molecule has 110 valence electrons. The van der Waals surface area contributed by atoms with Crippen LogP contribution in [-0.4, -0.2) is 8.75 Å². The summed E-state index contributed by atoms with van der Waals surface area (Å²) >= 11 is 4.28. The van der Waals surface area contributed by atoms with E-state index in [0.29, 0.717) is 11.1 Å². The van der Waals surface area contributed by atoms with Crippen molar-refractivity contribution in [3.8, 4) is 20.9 Å². The zero-order valence-corrected chi connectivity index (χ0v) is 14.3. The van der Waals surface area contributed by atoms with Gasteiger partial charge in [0.2, 0.25) is 0 Å². The maximum atomic E-state index is 14.8. The lowest BCUT2D eigenvalue weighted by molar-refractivity contribution is 0.633. The second-order valence-electron chi connectivity index (χ2n) is 5.22. The third-order valence-electron chi connectivity index (χ3n) is 3.46. The van der Waals surface area contributed by atoms with E-state index >= 15 is 0 Å². The Morgan fingerprint density at radius 3 is 2.14 bits per heavy atom. The minimum atomic E-state index is -0.233. The molecule has 0 bridgehead atoms. The van der Waals surface area contributed by atoms with Crippen LogP contribution >= 0.6 is 34.4 Å². The van der Waals surface area contributed by atoms with Gasteiger partial charge in [-0.1, -0.05) is 0 Å². The van der Waals surface area contributed by atoms with E-state index in [1.54, 1.807) is 28.7 Å². The Labute approximate surface area is 139 Å². The van der Waals surface area contributed by atoms with Gasteiger partial charge < -0.3 is 0 Å². The van der Waals surface area contributed by atoms with Gasteiger partial charge in [0.05, 0.1) is 17.3 Å². The van der Waals surface area contributed by atoms with Crippen molar-refractivity contribution in [1.29, 1.82) is 0 Å². The zero-order valence-electron chi connectivity index (χ0n) is 11.9. The van der Waals surface area contributed by atoms with Crippen LogP contribution in [0.2, 0.25) is 0 Å². The molecule has 0 fully saturated rings. The fourth-order valence-corrected chi connectivity index (χ4v) is 4.90. The molecule has 0 unspecified atom stereocenters. The van der Waals surface area contributed by atoms with E-state index in [-0.39, 0.29) is 5.82 Å². The number of aryl methyl sites for hydroxylation is 2. The van der Waals surface area contributed by atoms with Crippen LogP contribution in [0.15, 0.2) is 29.0 Å². The first-order chi connectivity index (χ1) is 10.6. The van der Waals surface area contributed by atoms with Crippen LogP contribution in [-0.2, 0) is 0 Å². The SMILES string of the molecule is Cc1csc(-c2cc(F)c(-c3cc(C)cs3)c3nsnc23)c1. The van der Waals surface area contributed by atoms with Gasteiger partial charge in [0, 0.05) is 15.3 Å². The predicted molar refractivity (Wildman–Crippen MR) is 93.5 cm³/mol. The largest absolute Gasteiger partial charge is 0.206 e. The minimum absolute atomic E-state index is 0.233. The average molecular weight is 346 g/mol. The molecule has 2 nitrogen and oxygen atoms in total. The number of hydrogen-bond acceptors (Lipinski definition) is 5. The van der Waals surface area contributed by atoms with Gasteiger partial charge in [-0.25, -0.2) is 4.39 Å². The summed E-state index contributed by atoms with van der Waals surface area (Å²) in [5.41, 5.74) is 5.15. The molecule has 0 spiro atoms. The molecule has 0 N–H and O–H groups in total. The molecule has 0 amide bonds. The number of aromatic nitrogens is 2. The number of hydrogen-bond donors (Lipinski definition) is 0. The first-order valence-electron chi connectivity index (χ1n) is 6.69. The molecule has 0 radical (unpaired) electrons. The molecule has 0 saturated carbocycles. The number of nitrogens with zero attached hydrogens (tertiary/aromatic N) is 2. The highest BCUT2D eigenvalue weighted by atomic mass is 32.1. The van der Waals surface area contributed by atoms with E-state index in [1.165, 1.54) is 5.56 Å². The van der Waals surface area contributed by atoms with Gasteiger partial charge in [0.25, 0.3) is 0 Å². The zero-order chi connectivity index (χ0) is 15.3. The van der Waals surface area contributed by atoms with Crippen LogP contribution in [0, 0.1) is 19.7 Å². The van der Waals surface area contributed by atoms with Crippen LogP contribution < -0.4 is 0 Å². The highest BCUT2D eigenvalue weighted by Crippen LogP contribution is 2.40. The average Bonchev–Trinajstić information content (AvgIpc) is 3.19. The van der Waals surface area contributed by atoms with Crippen LogP contribution in [0.25, 0.3) is 31.9 Å². The van der Waals surface area contributed by atoms with Gasteiger partial charge in [-0.2, -0.15) is 8.75 Å². The molecule has 6 heteroatoms.